The van der Waals surface area contributed by atoms with Crippen LogP contribution in [0.25, 0.3) is 0 Å². The van der Waals surface area contributed by atoms with Gasteiger partial charge in [0.2, 0.25) is 5.91 Å². The summed E-state index contributed by atoms with van der Waals surface area (Å²) in [6, 6.07) is 3.72. The van der Waals surface area contributed by atoms with Crippen LogP contribution >= 0.6 is 11.3 Å². The Bertz CT molecular complexity index is 692. The van der Waals surface area contributed by atoms with E-state index in [4.69, 9.17) is 0 Å². The molecule has 0 aromatic carbocycles. The van der Waals surface area contributed by atoms with Crippen LogP contribution in [0.1, 0.15) is 39.2 Å². The van der Waals surface area contributed by atoms with Crippen molar-refractivity contribution in [2.75, 3.05) is 13.1 Å². The smallest absolute Gasteiger partial charge is 0.261 e. The van der Waals surface area contributed by atoms with Gasteiger partial charge in [-0.05, 0) is 44.4 Å². The Kier molecular flexibility index (Phi) is 6.54. The standard InChI is InChI=1S/C17H24N4O2S/c1-11(9-19-17(23)15-7-6-12(2)24-15)16(22)18-8-4-5-14-10-20-21-13(14)3/h6-7,10-11H,4-5,8-9H2,1-3H3,(H,18,22)(H,19,23)(H,20,21). The molecular weight excluding hydrogens is 324 g/mol. The highest BCUT2D eigenvalue weighted by Crippen LogP contribution is 2.14. The van der Waals surface area contributed by atoms with E-state index in [9.17, 15) is 9.59 Å². The minimum Gasteiger partial charge on any atom is -0.356 e. The molecule has 0 spiro atoms. The van der Waals surface area contributed by atoms with E-state index in [2.05, 4.69) is 20.8 Å². The summed E-state index contributed by atoms with van der Waals surface area (Å²) in [6.07, 6.45) is 3.56. The van der Waals surface area contributed by atoms with Gasteiger partial charge in [-0.1, -0.05) is 6.92 Å². The highest BCUT2D eigenvalue weighted by atomic mass is 32.1. The minimum atomic E-state index is -0.259. The lowest BCUT2D eigenvalue weighted by Gasteiger charge is -2.12. The van der Waals surface area contributed by atoms with Gasteiger partial charge in [-0.2, -0.15) is 5.10 Å². The van der Waals surface area contributed by atoms with Crippen molar-refractivity contribution in [3.05, 3.63) is 39.3 Å². The van der Waals surface area contributed by atoms with Crippen LogP contribution in [0.3, 0.4) is 0 Å². The van der Waals surface area contributed by atoms with E-state index >= 15 is 0 Å². The van der Waals surface area contributed by atoms with Crippen molar-refractivity contribution in [2.45, 2.75) is 33.6 Å². The lowest BCUT2D eigenvalue weighted by molar-refractivity contribution is -0.124. The summed E-state index contributed by atoms with van der Waals surface area (Å²) in [6.45, 7) is 6.72. The summed E-state index contributed by atoms with van der Waals surface area (Å²) in [5.74, 6) is -0.421. The highest BCUT2D eigenvalue weighted by molar-refractivity contribution is 7.13. The van der Waals surface area contributed by atoms with Crippen LogP contribution in [0.2, 0.25) is 0 Å². The molecule has 2 aromatic rings. The third-order valence-electron chi connectivity index (χ3n) is 3.84. The van der Waals surface area contributed by atoms with Gasteiger partial charge in [0.1, 0.15) is 0 Å². The lowest BCUT2D eigenvalue weighted by Crippen LogP contribution is -2.37. The summed E-state index contributed by atoms with van der Waals surface area (Å²) in [5.41, 5.74) is 2.25. The number of aryl methyl sites for hydroxylation is 3. The third kappa shape index (κ3) is 5.19. The molecule has 7 heteroatoms. The molecule has 2 rings (SSSR count). The number of amides is 2. The number of rotatable bonds is 8. The first-order chi connectivity index (χ1) is 11.5. The molecule has 0 saturated carbocycles. The van der Waals surface area contributed by atoms with Gasteiger partial charge in [0.25, 0.3) is 5.91 Å². The average molecular weight is 348 g/mol. The fourth-order valence-corrected chi connectivity index (χ4v) is 3.06. The molecule has 2 amide bonds. The monoisotopic (exact) mass is 348 g/mol. The Balaban J connectivity index is 1.64. The topological polar surface area (TPSA) is 86.9 Å². The molecule has 0 saturated heterocycles. The van der Waals surface area contributed by atoms with Crippen molar-refractivity contribution >= 4 is 23.2 Å². The van der Waals surface area contributed by atoms with Gasteiger partial charge in [0.05, 0.1) is 17.0 Å². The second kappa shape index (κ2) is 8.63. The summed E-state index contributed by atoms with van der Waals surface area (Å²) in [4.78, 5) is 25.8. The predicted molar refractivity (Wildman–Crippen MR) is 95.2 cm³/mol. The summed E-state index contributed by atoms with van der Waals surface area (Å²) >= 11 is 1.45. The molecule has 130 valence electrons. The number of carbonyl (C=O) groups is 2. The Hall–Kier alpha value is -2.15. The van der Waals surface area contributed by atoms with E-state index < -0.39 is 0 Å². The van der Waals surface area contributed by atoms with Crippen molar-refractivity contribution in [1.82, 2.24) is 20.8 Å². The van der Waals surface area contributed by atoms with Crippen LogP contribution in [0.5, 0.6) is 0 Å². The number of aromatic nitrogens is 2. The fourth-order valence-electron chi connectivity index (χ4n) is 2.27. The molecule has 3 N–H and O–H groups in total. The summed E-state index contributed by atoms with van der Waals surface area (Å²) < 4.78 is 0. The van der Waals surface area contributed by atoms with Crippen LogP contribution < -0.4 is 10.6 Å². The number of nitrogens with zero attached hydrogens (tertiary/aromatic N) is 1. The first-order valence-corrected chi connectivity index (χ1v) is 8.90. The van der Waals surface area contributed by atoms with Gasteiger partial charge in [-0.15, -0.1) is 11.3 Å². The van der Waals surface area contributed by atoms with Crippen LogP contribution in [0, 0.1) is 19.8 Å². The summed E-state index contributed by atoms with van der Waals surface area (Å²) in [5, 5.41) is 12.6. The van der Waals surface area contributed by atoms with E-state index in [1.165, 1.54) is 16.9 Å². The third-order valence-corrected chi connectivity index (χ3v) is 4.84. The first kappa shape index (κ1) is 18.2. The second-order valence-corrected chi connectivity index (χ2v) is 7.22. The Morgan fingerprint density at radius 3 is 2.71 bits per heavy atom. The van der Waals surface area contributed by atoms with E-state index in [-0.39, 0.29) is 17.7 Å². The Morgan fingerprint density at radius 1 is 1.29 bits per heavy atom. The molecule has 2 heterocycles. The maximum absolute atomic E-state index is 12.0. The molecule has 0 aliphatic heterocycles. The molecule has 24 heavy (non-hydrogen) atoms. The van der Waals surface area contributed by atoms with Crippen molar-refractivity contribution in [1.29, 1.82) is 0 Å². The first-order valence-electron chi connectivity index (χ1n) is 8.08. The molecule has 0 fully saturated rings. The molecule has 0 aliphatic rings. The largest absolute Gasteiger partial charge is 0.356 e. The van der Waals surface area contributed by atoms with Crippen molar-refractivity contribution in [2.24, 2.45) is 5.92 Å². The zero-order valence-corrected chi connectivity index (χ0v) is 15.1. The molecule has 1 atom stereocenters. The Labute approximate surface area is 146 Å². The number of H-pyrrole nitrogens is 1. The molecule has 1 unspecified atom stereocenters. The average Bonchev–Trinajstić information content (AvgIpc) is 3.17. The van der Waals surface area contributed by atoms with E-state index in [1.807, 2.05) is 33.0 Å². The zero-order valence-electron chi connectivity index (χ0n) is 14.3. The number of hydrogen-bond acceptors (Lipinski definition) is 4. The van der Waals surface area contributed by atoms with Crippen LogP contribution in [0.4, 0.5) is 0 Å². The minimum absolute atomic E-state index is 0.0402. The highest BCUT2D eigenvalue weighted by Gasteiger charge is 2.15. The van der Waals surface area contributed by atoms with Gasteiger partial charge < -0.3 is 10.6 Å². The number of nitrogens with one attached hydrogen (secondary N) is 3. The summed E-state index contributed by atoms with van der Waals surface area (Å²) in [7, 11) is 0. The van der Waals surface area contributed by atoms with Crippen LogP contribution in [-0.4, -0.2) is 35.1 Å². The number of thiophene rings is 1. The maximum Gasteiger partial charge on any atom is 0.261 e. The predicted octanol–water partition coefficient (Wildman–Crippen LogP) is 2.20. The number of aromatic amines is 1. The van der Waals surface area contributed by atoms with Gasteiger partial charge in [0.15, 0.2) is 0 Å². The molecule has 2 aromatic heterocycles. The second-order valence-electron chi connectivity index (χ2n) is 5.94. The van der Waals surface area contributed by atoms with Crippen molar-refractivity contribution in [3.63, 3.8) is 0 Å². The van der Waals surface area contributed by atoms with Gasteiger partial charge in [-0.3, -0.25) is 14.7 Å². The normalized spacial score (nSPS) is 12.0. The fraction of sp³-hybridized carbons (Fsp3) is 0.471. The lowest BCUT2D eigenvalue weighted by atomic mass is 10.1. The van der Waals surface area contributed by atoms with Crippen LogP contribution in [-0.2, 0) is 11.2 Å². The Morgan fingerprint density at radius 2 is 2.08 bits per heavy atom. The quantitative estimate of drug-likeness (QED) is 0.639. The molecule has 6 nitrogen and oxygen atoms in total. The molecule has 0 radical (unpaired) electrons. The zero-order chi connectivity index (χ0) is 17.5. The van der Waals surface area contributed by atoms with Gasteiger partial charge >= 0.3 is 0 Å². The van der Waals surface area contributed by atoms with Crippen molar-refractivity contribution < 1.29 is 9.59 Å². The van der Waals surface area contributed by atoms with Gasteiger partial charge in [0, 0.05) is 23.7 Å². The number of hydrogen-bond donors (Lipinski definition) is 3. The van der Waals surface area contributed by atoms with E-state index in [0.29, 0.717) is 18.0 Å². The van der Waals surface area contributed by atoms with Gasteiger partial charge in [-0.25, -0.2) is 0 Å². The molecule has 0 aliphatic carbocycles. The van der Waals surface area contributed by atoms with Crippen molar-refractivity contribution in [3.8, 4) is 0 Å². The number of carbonyl (C=O) groups excluding carboxylic acids is 2. The molecule has 0 bridgehead atoms. The van der Waals surface area contributed by atoms with E-state index in [0.717, 1.165) is 23.4 Å². The SMILES string of the molecule is Cc1ccc(C(=O)NCC(C)C(=O)NCCCc2cn[nH]c2C)s1. The van der Waals surface area contributed by atoms with E-state index in [1.54, 1.807) is 6.07 Å². The molecular formula is C17H24N4O2S. The van der Waals surface area contributed by atoms with Crippen LogP contribution in [0.15, 0.2) is 18.3 Å². The maximum atomic E-state index is 12.0.